The molecule has 0 radical (unpaired) electrons. The fraction of sp³-hybridized carbons (Fsp3) is 0.333. The first-order chi connectivity index (χ1) is 14.3. The first-order valence-electron chi connectivity index (χ1n) is 9.55. The molecule has 0 bridgehead atoms. The summed E-state index contributed by atoms with van der Waals surface area (Å²) in [7, 11) is -2.06. The summed E-state index contributed by atoms with van der Waals surface area (Å²) in [6, 6.07) is 12.6. The number of sulfonamides is 1. The topological polar surface area (TPSA) is 114 Å². The first-order valence-corrected chi connectivity index (χ1v) is 11.0. The molecule has 0 saturated heterocycles. The van der Waals surface area contributed by atoms with Crippen LogP contribution >= 0.6 is 0 Å². The average molecular weight is 434 g/mol. The SMILES string of the molecule is COCCCCNC(=O)c1ccc(CNS(=O)(=O)c2ccc(NC(C)=O)cc2)cc1. The van der Waals surface area contributed by atoms with Gasteiger partial charge in [0, 0.05) is 45.0 Å². The minimum absolute atomic E-state index is 0.0920. The summed E-state index contributed by atoms with van der Waals surface area (Å²) in [5, 5.41) is 5.42. The zero-order valence-electron chi connectivity index (χ0n) is 17.1. The molecule has 2 aromatic carbocycles. The highest BCUT2D eigenvalue weighted by Crippen LogP contribution is 2.14. The van der Waals surface area contributed by atoms with Crippen LogP contribution in [0.1, 0.15) is 35.7 Å². The number of unbranched alkanes of at least 4 members (excludes halogenated alkanes) is 1. The zero-order valence-corrected chi connectivity index (χ0v) is 17.9. The van der Waals surface area contributed by atoms with Crippen molar-refractivity contribution in [3.05, 3.63) is 59.7 Å². The summed E-state index contributed by atoms with van der Waals surface area (Å²) in [5.74, 6) is -0.397. The summed E-state index contributed by atoms with van der Waals surface area (Å²) >= 11 is 0. The molecule has 0 aliphatic heterocycles. The van der Waals surface area contributed by atoms with Gasteiger partial charge in [-0.25, -0.2) is 13.1 Å². The lowest BCUT2D eigenvalue weighted by molar-refractivity contribution is -0.114. The lowest BCUT2D eigenvalue weighted by Crippen LogP contribution is -2.25. The van der Waals surface area contributed by atoms with Crippen LogP contribution in [0.5, 0.6) is 0 Å². The van der Waals surface area contributed by atoms with Crippen molar-refractivity contribution in [2.45, 2.75) is 31.2 Å². The normalized spacial score (nSPS) is 11.1. The number of methoxy groups -OCH3 is 1. The van der Waals surface area contributed by atoms with Crippen LogP contribution in [-0.2, 0) is 26.1 Å². The maximum atomic E-state index is 12.4. The second kappa shape index (κ2) is 11.4. The number of hydrogen-bond donors (Lipinski definition) is 3. The Balaban J connectivity index is 1.87. The number of carbonyl (C=O) groups is 2. The predicted octanol–water partition coefficient (Wildman–Crippen LogP) is 2.28. The second-order valence-electron chi connectivity index (χ2n) is 6.68. The van der Waals surface area contributed by atoms with Crippen molar-refractivity contribution in [2.75, 3.05) is 25.6 Å². The fourth-order valence-electron chi connectivity index (χ4n) is 2.63. The van der Waals surface area contributed by atoms with Crippen LogP contribution in [0.25, 0.3) is 0 Å². The van der Waals surface area contributed by atoms with Crippen molar-refractivity contribution in [1.29, 1.82) is 0 Å². The molecule has 0 spiro atoms. The molecule has 8 nitrogen and oxygen atoms in total. The Morgan fingerprint density at radius 2 is 1.63 bits per heavy atom. The molecular weight excluding hydrogens is 406 g/mol. The number of nitrogens with one attached hydrogen (secondary N) is 3. The van der Waals surface area contributed by atoms with Gasteiger partial charge in [0.1, 0.15) is 0 Å². The summed E-state index contributed by atoms with van der Waals surface area (Å²) < 4.78 is 32.4. The van der Waals surface area contributed by atoms with Gasteiger partial charge in [-0.1, -0.05) is 12.1 Å². The van der Waals surface area contributed by atoms with Gasteiger partial charge in [-0.2, -0.15) is 0 Å². The molecular formula is C21H27N3O5S. The van der Waals surface area contributed by atoms with Crippen molar-refractivity contribution < 1.29 is 22.7 Å². The van der Waals surface area contributed by atoms with Crippen LogP contribution in [0.15, 0.2) is 53.4 Å². The number of hydrogen-bond acceptors (Lipinski definition) is 5. The average Bonchev–Trinajstić information content (AvgIpc) is 2.72. The van der Waals surface area contributed by atoms with E-state index in [0.717, 1.165) is 18.4 Å². The Kier molecular flexibility index (Phi) is 8.97. The Morgan fingerprint density at radius 1 is 0.967 bits per heavy atom. The van der Waals surface area contributed by atoms with Crippen molar-refractivity contribution in [1.82, 2.24) is 10.0 Å². The van der Waals surface area contributed by atoms with Gasteiger partial charge < -0.3 is 15.4 Å². The second-order valence-corrected chi connectivity index (χ2v) is 8.45. The minimum Gasteiger partial charge on any atom is -0.385 e. The van der Waals surface area contributed by atoms with Gasteiger partial charge in [0.05, 0.1) is 4.90 Å². The van der Waals surface area contributed by atoms with Crippen LogP contribution in [0.3, 0.4) is 0 Å². The zero-order chi connectivity index (χ0) is 22.0. The van der Waals surface area contributed by atoms with Crippen molar-refractivity contribution in [3.63, 3.8) is 0 Å². The molecule has 0 atom stereocenters. The van der Waals surface area contributed by atoms with E-state index >= 15 is 0 Å². The molecule has 0 saturated carbocycles. The highest BCUT2D eigenvalue weighted by molar-refractivity contribution is 7.89. The number of anilines is 1. The molecule has 0 unspecified atom stereocenters. The number of ether oxygens (including phenoxy) is 1. The van der Waals surface area contributed by atoms with E-state index in [9.17, 15) is 18.0 Å². The maximum absolute atomic E-state index is 12.4. The lowest BCUT2D eigenvalue weighted by atomic mass is 10.1. The maximum Gasteiger partial charge on any atom is 0.251 e. The first kappa shape index (κ1) is 23.5. The van der Waals surface area contributed by atoms with E-state index in [-0.39, 0.29) is 23.3 Å². The third-order valence-electron chi connectivity index (χ3n) is 4.23. The van der Waals surface area contributed by atoms with Crippen molar-refractivity contribution >= 4 is 27.5 Å². The Bertz CT molecular complexity index is 942. The molecule has 2 amide bonds. The molecule has 30 heavy (non-hydrogen) atoms. The summed E-state index contributed by atoms with van der Waals surface area (Å²) in [4.78, 5) is 23.2. The minimum atomic E-state index is -3.70. The van der Waals surface area contributed by atoms with Gasteiger partial charge >= 0.3 is 0 Å². The van der Waals surface area contributed by atoms with E-state index in [1.54, 1.807) is 31.4 Å². The van der Waals surface area contributed by atoms with E-state index in [4.69, 9.17) is 4.74 Å². The highest BCUT2D eigenvalue weighted by Gasteiger charge is 2.14. The molecule has 0 fully saturated rings. The Hall–Kier alpha value is -2.75. The summed E-state index contributed by atoms with van der Waals surface area (Å²) in [6.45, 7) is 2.71. The molecule has 162 valence electrons. The number of benzene rings is 2. The number of amides is 2. The molecule has 0 heterocycles. The van der Waals surface area contributed by atoms with E-state index in [0.29, 0.717) is 24.4 Å². The fourth-order valence-corrected chi connectivity index (χ4v) is 3.65. The number of carbonyl (C=O) groups excluding carboxylic acids is 2. The van der Waals surface area contributed by atoms with Crippen LogP contribution in [-0.4, -0.2) is 40.5 Å². The highest BCUT2D eigenvalue weighted by atomic mass is 32.2. The van der Waals surface area contributed by atoms with E-state index in [2.05, 4.69) is 15.4 Å². The monoisotopic (exact) mass is 433 g/mol. The third-order valence-corrected chi connectivity index (χ3v) is 5.65. The molecule has 0 aliphatic carbocycles. The molecule has 2 rings (SSSR count). The Morgan fingerprint density at radius 3 is 2.23 bits per heavy atom. The standard InChI is InChI=1S/C21H27N3O5S/c1-16(25)24-19-9-11-20(12-10-19)30(27,28)23-15-17-5-7-18(8-6-17)21(26)22-13-3-4-14-29-2/h5-12,23H,3-4,13-15H2,1-2H3,(H,22,26)(H,24,25). The largest absolute Gasteiger partial charge is 0.385 e. The van der Waals surface area contributed by atoms with Crippen LogP contribution in [0.2, 0.25) is 0 Å². The molecule has 0 aliphatic rings. The summed E-state index contributed by atoms with van der Waals surface area (Å²) in [6.07, 6.45) is 1.72. The van der Waals surface area contributed by atoms with Crippen LogP contribution in [0.4, 0.5) is 5.69 Å². The molecule has 3 N–H and O–H groups in total. The van der Waals surface area contributed by atoms with Gasteiger partial charge in [-0.3, -0.25) is 9.59 Å². The van der Waals surface area contributed by atoms with E-state index in [1.165, 1.54) is 31.2 Å². The summed E-state index contributed by atoms with van der Waals surface area (Å²) in [5.41, 5.74) is 1.76. The smallest absolute Gasteiger partial charge is 0.251 e. The van der Waals surface area contributed by atoms with Crippen LogP contribution < -0.4 is 15.4 Å². The van der Waals surface area contributed by atoms with Crippen molar-refractivity contribution in [2.24, 2.45) is 0 Å². The van der Waals surface area contributed by atoms with E-state index in [1.807, 2.05) is 0 Å². The van der Waals surface area contributed by atoms with Gasteiger partial charge in [0.25, 0.3) is 5.91 Å². The lowest BCUT2D eigenvalue weighted by Gasteiger charge is -2.09. The quantitative estimate of drug-likeness (QED) is 0.471. The molecule has 9 heteroatoms. The van der Waals surface area contributed by atoms with Crippen molar-refractivity contribution in [3.8, 4) is 0 Å². The number of rotatable bonds is 11. The molecule has 0 aromatic heterocycles. The Labute approximate surface area is 177 Å². The van der Waals surface area contributed by atoms with Gasteiger partial charge in [0.15, 0.2) is 0 Å². The molecule has 2 aromatic rings. The van der Waals surface area contributed by atoms with Gasteiger partial charge in [-0.15, -0.1) is 0 Å². The van der Waals surface area contributed by atoms with Crippen LogP contribution in [0, 0.1) is 0 Å². The van der Waals surface area contributed by atoms with Gasteiger partial charge in [0.2, 0.25) is 15.9 Å². The predicted molar refractivity (Wildman–Crippen MR) is 115 cm³/mol. The van der Waals surface area contributed by atoms with E-state index < -0.39 is 10.0 Å². The third kappa shape index (κ3) is 7.58. The van der Waals surface area contributed by atoms with Gasteiger partial charge in [-0.05, 0) is 54.8 Å².